The van der Waals surface area contributed by atoms with Gasteiger partial charge >= 0.3 is 0 Å². The number of rotatable bonds is 12. The Bertz CT molecular complexity index is 1140. The number of amides is 2. The van der Waals surface area contributed by atoms with Gasteiger partial charge in [-0.1, -0.05) is 36.3 Å². The van der Waals surface area contributed by atoms with E-state index in [1.807, 2.05) is 30.3 Å². The Kier molecular flexibility index (Phi) is 10.8. The van der Waals surface area contributed by atoms with Crippen LogP contribution in [0.5, 0.6) is 5.75 Å². The molecule has 0 bridgehead atoms. The van der Waals surface area contributed by atoms with Crippen LogP contribution in [0.2, 0.25) is 0 Å². The Morgan fingerprint density at radius 2 is 1.82 bits per heavy atom. The monoisotopic (exact) mass is 485 g/mol. The number of ether oxygens (including phenoxy) is 1. The zero-order chi connectivity index (χ0) is 24.8. The molecular formula is C24H27N3O6S. The summed E-state index contributed by atoms with van der Waals surface area (Å²) >= 11 is 0. The van der Waals surface area contributed by atoms with Crippen molar-refractivity contribution in [2.75, 3.05) is 13.2 Å². The van der Waals surface area contributed by atoms with Crippen molar-refractivity contribution >= 4 is 27.9 Å². The normalized spacial score (nSPS) is 11.8. The summed E-state index contributed by atoms with van der Waals surface area (Å²) in [5.74, 6) is 4.64. The summed E-state index contributed by atoms with van der Waals surface area (Å²) in [5.41, 5.74) is 2.34. The molecule has 0 fully saturated rings. The van der Waals surface area contributed by atoms with Gasteiger partial charge in [-0.15, -0.1) is 5.92 Å². The highest BCUT2D eigenvalue weighted by Gasteiger charge is 2.25. The van der Waals surface area contributed by atoms with Crippen LogP contribution in [0.15, 0.2) is 65.6 Å². The summed E-state index contributed by atoms with van der Waals surface area (Å²) in [7, 11) is -4.05. The van der Waals surface area contributed by atoms with E-state index in [1.54, 1.807) is 13.0 Å². The van der Waals surface area contributed by atoms with Gasteiger partial charge in [0.2, 0.25) is 15.9 Å². The van der Waals surface area contributed by atoms with Gasteiger partial charge in [0.25, 0.3) is 5.91 Å². The van der Waals surface area contributed by atoms with E-state index in [1.165, 1.54) is 35.8 Å². The summed E-state index contributed by atoms with van der Waals surface area (Å²) in [6.45, 7) is 2.07. The third-order valence-electron chi connectivity index (χ3n) is 4.54. The molecule has 1 atom stereocenters. The molecule has 0 aliphatic carbocycles. The molecule has 0 saturated heterocycles. The minimum Gasteiger partial charge on any atom is -0.481 e. The van der Waals surface area contributed by atoms with Crippen molar-refractivity contribution in [2.24, 2.45) is 0 Å². The van der Waals surface area contributed by atoms with Crippen LogP contribution in [0.25, 0.3) is 6.08 Å². The maximum atomic E-state index is 12.7. The van der Waals surface area contributed by atoms with Crippen LogP contribution in [-0.4, -0.2) is 44.6 Å². The van der Waals surface area contributed by atoms with Crippen molar-refractivity contribution in [3.05, 3.63) is 66.2 Å². The molecule has 2 aromatic carbocycles. The minimum atomic E-state index is -4.05. The van der Waals surface area contributed by atoms with E-state index in [0.29, 0.717) is 5.75 Å². The number of hydroxylamine groups is 1. The molecule has 180 valence electrons. The molecule has 9 nitrogen and oxygen atoms in total. The third-order valence-corrected chi connectivity index (χ3v) is 6.03. The Morgan fingerprint density at radius 1 is 1.12 bits per heavy atom. The number of carbonyl (C=O) groups is 2. The molecule has 0 saturated carbocycles. The Labute approximate surface area is 199 Å². The van der Waals surface area contributed by atoms with Gasteiger partial charge in [0.15, 0.2) is 0 Å². The Balaban J connectivity index is 1.89. The smallest absolute Gasteiger partial charge is 0.261 e. The molecule has 2 aromatic rings. The first-order valence-corrected chi connectivity index (χ1v) is 11.9. The first-order chi connectivity index (χ1) is 16.4. The summed E-state index contributed by atoms with van der Waals surface area (Å²) in [5, 5.41) is 11.7. The van der Waals surface area contributed by atoms with Crippen molar-refractivity contribution in [1.82, 2.24) is 15.5 Å². The van der Waals surface area contributed by atoms with Gasteiger partial charge in [0.05, 0.1) is 4.90 Å². The second-order valence-corrected chi connectivity index (χ2v) is 8.73. The lowest BCUT2D eigenvalue weighted by Gasteiger charge is -2.17. The lowest BCUT2D eigenvalue weighted by molar-refractivity contribution is -0.131. The van der Waals surface area contributed by atoms with Gasteiger partial charge in [-0.2, -0.15) is 4.72 Å². The molecule has 0 radical (unpaired) electrons. The van der Waals surface area contributed by atoms with E-state index < -0.39 is 22.0 Å². The van der Waals surface area contributed by atoms with Crippen LogP contribution >= 0.6 is 0 Å². The van der Waals surface area contributed by atoms with Gasteiger partial charge in [0, 0.05) is 12.6 Å². The van der Waals surface area contributed by atoms with Crippen LogP contribution in [0, 0.1) is 11.8 Å². The number of carbonyl (C=O) groups excluding carboxylic acids is 2. The highest BCUT2D eigenvalue weighted by atomic mass is 32.2. The SMILES string of the molecule is CC#CCOc1ccc(S(=O)(=O)N[C@H](CCCNC(=O)C=Cc2ccccc2)C(=O)NO)cc1. The van der Waals surface area contributed by atoms with E-state index in [2.05, 4.69) is 21.9 Å². The second kappa shape index (κ2) is 13.8. The van der Waals surface area contributed by atoms with Gasteiger partial charge in [-0.3, -0.25) is 14.8 Å². The predicted octanol–water partition coefficient (Wildman–Crippen LogP) is 1.85. The second-order valence-electron chi connectivity index (χ2n) is 7.01. The summed E-state index contributed by atoms with van der Waals surface area (Å²) < 4.78 is 33.0. The molecule has 4 N–H and O–H groups in total. The van der Waals surface area contributed by atoms with Gasteiger partial charge < -0.3 is 10.1 Å². The fourth-order valence-corrected chi connectivity index (χ4v) is 4.03. The highest BCUT2D eigenvalue weighted by molar-refractivity contribution is 7.89. The van der Waals surface area contributed by atoms with Crippen molar-refractivity contribution in [1.29, 1.82) is 0 Å². The van der Waals surface area contributed by atoms with E-state index >= 15 is 0 Å². The molecule has 10 heteroatoms. The predicted molar refractivity (Wildman–Crippen MR) is 127 cm³/mol. The van der Waals surface area contributed by atoms with E-state index in [4.69, 9.17) is 9.94 Å². The molecule has 0 aromatic heterocycles. The first-order valence-electron chi connectivity index (χ1n) is 10.5. The van der Waals surface area contributed by atoms with Crippen LogP contribution < -0.4 is 20.3 Å². The van der Waals surface area contributed by atoms with Crippen molar-refractivity contribution < 1.29 is 28.0 Å². The van der Waals surface area contributed by atoms with E-state index in [0.717, 1.165) is 5.56 Å². The fraction of sp³-hybridized carbons (Fsp3) is 0.250. The number of hydrogen-bond acceptors (Lipinski definition) is 6. The summed E-state index contributed by atoms with van der Waals surface area (Å²) in [6, 6.07) is 13.7. The molecule has 2 rings (SSSR count). The summed E-state index contributed by atoms with van der Waals surface area (Å²) in [6.07, 6.45) is 3.39. The van der Waals surface area contributed by atoms with Crippen molar-refractivity contribution in [3.63, 3.8) is 0 Å². The molecular weight excluding hydrogens is 458 g/mol. The first kappa shape index (κ1) is 26.6. The van der Waals surface area contributed by atoms with Crippen LogP contribution in [-0.2, 0) is 19.6 Å². The third kappa shape index (κ3) is 9.07. The number of hydrogen-bond donors (Lipinski definition) is 4. The fourth-order valence-electron chi connectivity index (χ4n) is 2.80. The standard InChI is InChI=1S/C24H27N3O6S/c1-2-3-18-33-20-12-14-21(15-13-20)34(31,32)27-22(24(29)26-30)10-7-17-25-23(28)16-11-19-8-5-4-6-9-19/h4-6,8-9,11-16,22,27,30H,7,10,17-18H2,1H3,(H,25,28)(H,26,29)/t22-/m1/s1. The Hall–Kier alpha value is -3.65. The molecule has 2 amide bonds. The molecule has 0 aliphatic rings. The maximum absolute atomic E-state index is 12.7. The van der Waals surface area contributed by atoms with Crippen molar-refractivity contribution in [2.45, 2.75) is 30.7 Å². The average Bonchev–Trinajstić information content (AvgIpc) is 2.85. The molecule has 0 aliphatic heterocycles. The lowest BCUT2D eigenvalue weighted by atomic mass is 10.1. The van der Waals surface area contributed by atoms with Crippen LogP contribution in [0.3, 0.4) is 0 Å². The van der Waals surface area contributed by atoms with E-state index in [-0.39, 0.29) is 36.8 Å². The number of benzene rings is 2. The van der Waals surface area contributed by atoms with Gasteiger partial charge in [-0.05, 0) is 55.7 Å². The molecule has 0 spiro atoms. The molecule has 0 heterocycles. The molecule has 0 unspecified atom stereocenters. The topological polar surface area (TPSA) is 134 Å². The minimum absolute atomic E-state index is 0.0468. The van der Waals surface area contributed by atoms with E-state index in [9.17, 15) is 18.0 Å². The highest BCUT2D eigenvalue weighted by Crippen LogP contribution is 2.16. The molecule has 34 heavy (non-hydrogen) atoms. The maximum Gasteiger partial charge on any atom is 0.261 e. The van der Waals surface area contributed by atoms with Crippen LogP contribution in [0.1, 0.15) is 25.3 Å². The zero-order valence-corrected chi connectivity index (χ0v) is 19.5. The lowest BCUT2D eigenvalue weighted by Crippen LogP contribution is -2.46. The number of nitrogens with one attached hydrogen (secondary N) is 3. The van der Waals surface area contributed by atoms with Gasteiger partial charge in [0.1, 0.15) is 18.4 Å². The average molecular weight is 486 g/mol. The van der Waals surface area contributed by atoms with Crippen LogP contribution in [0.4, 0.5) is 0 Å². The largest absolute Gasteiger partial charge is 0.481 e. The zero-order valence-electron chi connectivity index (χ0n) is 18.7. The van der Waals surface area contributed by atoms with Crippen molar-refractivity contribution in [3.8, 4) is 17.6 Å². The quantitative estimate of drug-likeness (QED) is 0.119. The number of sulfonamides is 1. The van der Waals surface area contributed by atoms with Gasteiger partial charge in [-0.25, -0.2) is 13.9 Å². The summed E-state index contributed by atoms with van der Waals surface area (Å²) in [4.78, 5) is 23.8. The Morgan fingerprint density at radius 3 is 2.47 bits per heavy atom.